The molecule has 0 aromatic carbocycles. The van der Waals surface area contributed by atoms with Crippen LogP contribution in [0.1, 0.15) is 46.0 Å². The van der Waals surface area contributed by atoms with E-state index in [2.05, 4.69) is 18.9 Å². The second kappa shape index (κ2) is 5.99. The summed E-state index contributed by atoms with van der Waals surface area (Å²) in [5, 5.41) is 9.17. The van der Waals surface area contributed by atoms with Gasteiger partial charge in [-0.05, 0) is 45.6 Å². The molecule has 0 amide bonds. The Kier molecular flexibility index (Phi) is 5.22. The van der Waals surface area contributed by atoms with Crippen molar-refractivity contribution in [1.82, 2.24) is 4.90 Å². The minimum absolute atomic E-state index is 0.0572. The fraction of sp³-hybridized carbons (Fsp3) is 1.00. The molecule has 1 atom stereocenters. The van der Waals surface area contributed by atoms with E-state index >= 15 is 0 Å². The predicted molar refractivity (Wildman–Crippen MR) is 68.3 cm³/mol. The molecule has 3 nitrogen and oxygen atoms in total. The van der Waals surface area contributed by atoms with Crippen molar-refractivity contribution in [2.45, 2.75) is 57.5 Å². The van der Waals surface area contributed by atoms with Crippen LogP contribution >= 0.6 is 0 Å². The van der Waals surface area contributed by atoms with Gasteiger partial charge in [-0.2, -0.15) is 0 Å². The number of aliphatic hydroxyl groups excluding tert-OH is 1. The van der Waals surface area contributed by atoms with Crippen LogP contribution in [0.5, 0.6) is 0 Å². The Hall–Kier alpha value is -0.120. The van der Waals surface area contributed by atoms with Crippen molar-refractivity contribution in [3.63, 3.8) is 0 Å². The molecule has 0 bridgehead atoms. The van der Waals surface area contributed by atoms with Gasteiger partial charge in [0, 0.05) is 18.1 Å². The number of hydrogen-bond donors (Lipinski definition) is 2. The van der Waals surface area contributed by atoms with Gasteiger partial charge in [-0.1, -0.05) is 13.3 Å². The van der Waals surface area contributed by atoms with Crippen molar-refractivity contribution >= 4 is 0 Å². The molecule has 1 unspecified atom stereocenters. The van der Waals surface area contributed by atoms with E-state index in [9.17, 15) is 0 Å². The van der Waals surface area contributed by atoms with E-state index < -0.39 is 5.54 Å². The van der Waals surface area contributed by atoms with Crippen molar-refractivity contribution in [2.75, 3.05) is 20.2 Å². The highest BCUT2D eigenvalue weighted by Gasteiger charge is 2.27. The Labute approximate surface area is 100 Å². The summed E-state index contributed by atoms with van der Waals surface area (Å²) < 4.78 is 0. The lowest BCUT2D eigenvalue weighted by atomic mass is 9.83. The molecule has 0 saturated heterocycles. The average molecular weight is 228 g/mol. The first kappa shape index (κ1) is 13.9. The van der Waals surface area contributed by atoms with E-state index in [1.807, 2.05) is 6.92 Å². The third-order valence-electron chi connectivity index (χ3n) is 3.99. The van der Waals surface area contributed by atoms with Gasteiger partial charge in [0.05, 0.1) is 6.61 Å². The van der Waals surface area contributed by atoms with Crippen LogP contribution in [0.25, 0.3) is 0 Å². The van der Waals surface area contributed by atoms with E-state index in [1.165, 1.54) is 32.1 Å². The Morgan fingerprint density at radius 2 is 1.88 bits per heavy atom. The summed E-state index contributed by atoms with van der Waals surface area (Å²) in [5.74, 6) is 0.937. The maximum Gasteiger partial charge on any atom is 0.0621 e. The Morgan fingerprint density at radius 3 is 2.31 bits per heavy atom. The first-order valence-corrected chi connectivity index (χ1v) is 6.58. The lowest BCUT2D eigenvalue weighted by Gasteiger charge is -2.38. The average Bonchev–Trinajstić information content (AvgIpc) is 2.28. The SMILES string of the molecule is CCC1CCC(N(C)CC(C)(N)CO)CC1. The van der Waals surface area contributed by atoms with Crippen molar-refractivity contribution in [3.8, 4) is 0 Å². The zero-order valence-electron chi connectivity index (χ0n) is 11.1. The fourth-order valence-electron chi connectivity index (χ4n) is 2.74. The Balaban J connectivity index is 2.36. The molecule has 1 saturated carbocycles. The van der Waals surface area contributed by atoms with E-state index in [-0.39, 0.29) is 6.61 Å². The topological polar surface area (TPSA) is 49.5 Å². The number of aliphatic hydroxyl groups is 1. The minimum Gasteiger partial charge on any atom is -0.394 e. The predicted octanol–water partition coefficient (Wildman–Crippen LogP) is 1.60. The summed E-state index contributed by atoms with van der Waals surface area (Å²) in [6, 6.07) is 0.664. The van der Waals surface area contributed by atoms with Gasteiger partial charge in [-0.25, -0.2) is 0 Å². The Bertz CT molecular complexity index is 198. The van der Waals surface area contributed by atoms with Crippen LogP contribution in [-0.4, -0.2) is 41.8 Å². The van der Waals surface area contributed by atoms with Gasteiger partial charge in [-0.15, -0.1) is 0 Å². The number of nitrogens with zero attached hydrogens (tertiary/aromatic N) is 1. The van der Waals surface area contributed by atoms with Crippen molar-refractivity contribution < 1.29 is 5.11 Å². The molecule has 0 heterocycles. The molecule has 1 rings (SSSR count). The van der Waals surface area contributed by atoms with E-state index in [4.69, 9.17) is 10.8 Å². The minimum atomic E-state index is -0.462. The summed E-state index contributed by atoms with van der Waals surface area (Å²) in [6.45, 7) is 5.05. The summed E-state index contributed by atoms with van der Waals surface area (Å²) in [5.41, 5.74) is 5.52. The number of likely N-dealkylation sites (N-methyl/N-ethyl adjacent to an activating group) is 1. The number of hydrogen-bond acceptors (Lipinski definition) is 3. The highest BCUT2D eigenvalue weighted by molar-refractivity contribution is 4.85. The highest BCUT2D eigenvalue weighted by atomic mass is 16.3. The van der Waals surface area contributed by atoms with Crippen molar-refractivity contribution in [3.05, 3.63) is 0 Å². The van der Waals surface area contributed by atoms with Gasteiger partial charge in [0.25, 0.3) is 0 Å². The van der Waals surface area contributed by atoms with Crippen LogP contribution in [-0.2, 0) is 0 Å². The van der Waals surface area contributed by atoms with Gasteiger partial charge in [0.1, 0.15) is 0 Å². The molecule has 1 fully saturated rings. The first-order valence-electron chi connectivity index (χ1n) is 6.58. The fourth-order valence-corrected chi connectivity index (χ4v) is 2.74. The van der Waals surface area contributed by atoms with Gasteiger partial charge < -0.3 is 15.7 Å². The molecule has 1 aliphatic carbocycles. The van der Waals surface area contributed by atoms with E-state index in [0.717, 1.165) is 12.5 Å². The second-order valence-corrected chi connectivity index (χ2v) is 5.81. The van der Waals surface area contributed by atoms with Crippen molar-refractivity contribution in [1.29, 1.82) is 0 Å². The van der Waals surface area contributed by atoms with Gasteiger partial charge >= 0.3 is 0 Å². The van der Waals surface area contributed by atoms with E-state index in [1.54, 1.807) is 0 Å². The van der Waals surface area contributed by atoms with Crippen LogP contribution in [0.15, 0.2) is 0 Å². The van der Waals surface area contributed by atoms with Gasteiger partial charge in [0.15, 0.2) is 0 Å². The van der Waals surface area contributed by atoms with Crippen LogP contribution in [0.2, 0.25) is 0 Å². The molecule has 3 heteroatoms. The molecule has 0 aromatic heterocycles. The lowest BCUT2D eigenvalue weighted by Crippen LogP contribution is -2.52. The molecular weight excluding hydrogens is 200 g/mol. The number of nitrogens with two attached hydrogens (primary N) is 1. The van der Waals surface area contributed by atoms with Gasteiger partial charge in [-0.3, -0.25) is 0 Å². The van der Waals surface area contributed by atoms with Crippen LogP contribution < -0.4 is 5.73 Å². The molecule has 96 valence electrons. The van der Waals surface area contributed by atoms with Crippen LogP contribution in [0.4, 0.5) is 0 Å². The molecule has 3 N–H and O–H groups in total. The maximum absolute atomic E-state index is 9.17. The lowest BCUT2D eigenvalue weighted by molar-refractivity contribution is 0.109. The monoisotopic (exact) mass is 228 g/mol. The third-order valence-corrected chi connectivity index (χ3v) is 3.99. The standard InChI is InChI=1S/C13H28N2O/c1-4-11-5-7-12(8-6-11)15(3)9-13(2,14)10-16/h11-12,16H,4-10,14H2,1-3H3. The van der Waals surface area contributed by atoms with Crippen LogP contribution in [0.3, 0.4) is 0 Å². The smallest absolute Gasteiger partial charge is 0.0621 e. The summed E-state index contributed by atoms with van der Waals surface area (Å²) >= 11 is 0. The summed E-state index contributed by atoms with van der Waals surface area (Å²) in [4.78, 5) is 2.34. The number of rotatable bonds is 5. The molecular formula is C13H28N2O. The van der Waals surface area contributed by atoms with Crippen molar-refractivity contribution in [2.24, 2.45) is 11.7 Å². The molecule has 16 heavy (non-hydrogen) atoms. The largest absolute Gasteiger partial charge is 0.394 e. The Morgan fingerprint density at radius 1 is 1.31 bits per heavy atom. The molecule has 0 radical (unpaired) electrons. The van der Waals surface area contributed by atoms with Crippen LogP contribution in [0, 0.1) is 5.92 Å². The highest BCUT2D eigenvalue weighted by Crippen LogP contribution is 2.29. The molecule has 1 aliphatic rings. The summed E-state index contributed by atoms with van der Waals surface area (Å²) in [7, 11) is 2.14. The third kappa shape index (κ3) is 4.04. The van der Waals surface area contributed by atoms with E-state index in [0.29, 0.717) is 6.04 Å². The normalized spacial score (nSPS) is 30.4. The molecule has 0 aliphatic heterocycles. The second-order valence-electron chi connectivity index (χ2n) is 5.81. The molecule has 0 spiro atoms. The zero-order valence-corrected chi connectivity index (χ0v) is 11.1. The van der Waals surface area contributed by atoms with Gasteiger partial charge in [0.2, 0.25) is 0 Å². The maximum atomic E-state index is 9.17. The zero-order chi connectivity index (χ0) is 12.2. The first-order chi connectivity index (χ1) is 7.48. The molecule has 0 aromatic rings. The quantitative estimate of drug-likeness (QED) is 0.751. The summed E-state index contributed by atoms with van der Waals surface area (Å²) in [6.07, 6.45) is 6.60.